The number of hydrazine groups is 1. The van der Waals surface area contributed by atoms with Gasteiger partial charge >= 0.3 is 0 Å². The number of carbonyl (C=O) groups excluding carboxylic acids is 4. The van der Waals surface area contributed by atoms with Crippen LogP contribution in [0.1, 0.15) is 54.8 Å². The van der Waals surface area contributed by atoms with Gasteiger partial charge in [-0.3, -0.25) is 29.3 Å². The Morgan fingerprint density at radius 2 is 1.16 bits per heavy atom. The molecular weight excluding hydrogens is 614 g/mol. The van der Waals surface area contributed by atoms with E-state index in [1.54, 1.807) is 24.3 Å². The Morgan fingerprint density at radius 3 is 1.60 bits per heavy atom. The molecule has 8 rings (SSSR count). The zero-order chi connectivity index (χ0) is 30.0. The number of hydrogen-bond donors (Lipinski definition) is 0. The van der Waals surface area contributed by atoms with E-state index in [4.69, 9.17) is 0 Å². The normalized spacial score (nSPS) is 21.2. The molecule has 9 nitrogen and oxygen atoms in total. The highest BCUT2D eigenvalue weighted by Gasteiger charge is 2.63. The second kappa shape index (κ2) is 10.1. The summed E-state index contributed by atoms with van der Waals surface area (Å²) in [5, 5.41) is 13.0. The summed E-state index contributed by atoms with van der Waals surface area (Å²) in [5.74, 6) is -4.64. The Balaban J connectivity index is 1.32. The van der Waals surface area contributed by atoms with Gasteiger partial charge in [0.15, 0.2) is 5.78 Å². The molecule has 0 radical (unpaired) electrons. The van der Waals surface area contributed by atoms with Crippen molar-refractivity contribution in [1.29, 1.82) is 0 Å². The van der Waals surface area contributed by atoms with Gasteiger partial charge in [0, 0.05) is 39.6 Å². The van der Waals surface area contributed by atoms with Gasteiger partial charge in [0.2, 0.25) is 0 Å². The molecule has 0 aromatic heterocycles. The molecule has 1 fully saturated rings. The standard InChI is InChI=1S/C33H22BrN3O6/c34-20-13-9-18(10-14-20)26(38)17-35(31(39)19-11-15-21(16-12-19)37(42)43)36-32(40)29-27-22-5-1-2-6-23(22)28(30(29)33(36)41)25-8-4-3-7-24(25)27/h1-16,27-30H,17H2/t27?,28?,29-,30+. The SMILES string of the molecule is O=C(CN(C(=O)c1ccc([N+](=O)[O-])cc1)N1C(=O)[C@@H]2C3c4ccccc4C(c4ccccc43)[C@@H]2C1=O)c1ccc(Br)cc1. The summed E-state index contributed by atoms with van der Waals surface area (Å²) in [6.45, 7) is -0.580. The molecular formula is C33H22BrN3O6. The number of hydrogen-bond acceptors (Lipinski definition) is 6. The molecule has 10 heteroatoms. The van der Waals surface area contributed by atoms with Crippen LogP contribution in [0, 0.1) is 22.0 Å². The molecule has 1 aliphatic heterocycles. The molecule has 2 bridgehead atoms. The van der Waals surface area contributed by atoms with Gasteiger partial charge in [-0.25, -0.2) is 5.01 Å². The topological polar surface area (TPSA) is 118 Å². The Morgan fingerprint density at radius 1 is 0.721 bits per heavy atom. The fourth-order valence-corrected chi connectivity index (χ4v) is 7.14. The maximum atomic E-state index is 14.3. The lowest BCUT2D eigenvalue weighted by molar-refractivity contribution is -0.384. The zero-order valence-corrected chi connectivity index (χ0v) is 24.0. The van der Waals surface area contributed by atoms with Gasteiger partial charge in [0.1, 0.15) is 6.54 Å². The number of carbonyl (C=O) groups is 4. The first-order valence-corrected chi connectivity index (χ1v) is 14.5. The number of halogens is 1. The first-order valence-electron chi connectivity index (χ1n) is 13.7. The summed E-state index contributed by atoms with van der Waals surface area (Å²) >= 11 is 3.34. The second-order valence-corrected chi connectivity index (χ2v) is 11.8. The molecule has 4 aromatic carbocycles. The van der Waals surface area contributed by atoms with Crippen LogP contribution in [0.4, 0.5) is 5.69 Å². The number of nitrogens with zero attached hydrogens (tertiary/aromatic N) is 3. The summed E-state index contributed by atoms with van der Waals surface area (Å²) < 4.78 is 0.756. The smallest absolute Gasteiger partial charge is 0.273 e. The van der Waals surface area contributed by atoms with Gasteiger partial charge in [-0.05, 0) is 46.5 Å². The van der Waals surface area contributed by atoms with E-state index in [9.17, 15) is 29.3 Å². The van der Waals surface area contributed by atoms with Crippen LogP contribution in [0.25, 0.3) is 0 Å². The maximum Gasteiger partial charge on any atom is 0.273 e. The van der Waals surface area contributed by atoms with E-state index in [-0.39, 0.29) is 23.1 Å². The molecule has 0 N–H and O–H groups in total. The Labute approximate surface area is 254 Å². The summed E-state index contributed by atoms with van der Waals surface area (Å²) in [4.78, 5) is 66.8. The first kappa shape index (κ1) is 26.9. The molecule has 0 saturated carbocycles. The van der Waals surface area contributed by atoms with Crippen LogP contribution in [-0.4, -0.2) is 45.0 Å². The quantitative estimate of drug-likeness (QED) is 0.120. The van der Waals surface area contributed by atoms with Gasteiger partial charge in [-0.15, -0.1) is 0 Å². The number of benzene rings is 4. The number of nitro benzene ring substituents is 1. The van der Waals surface area contributed by atoms with Crippen molar-refractivity contribution in [2.24, 2.45) is 11.8 Å². The minimum absolute atomic E-state index is 0.000720. The lowest BCUT2D eigenvalue weighted by Crippen LogP contribution is -2.52. The van der Waals surface area contributed by atoms with Gasteiger partial charge < -0.3 is 0 Å². The van der Waals surface area contributed by atoms with Crippen molar-refractivity contribution in [2.75, 3.05) is 6.54 Å². The molecule has 3 aliphatic carbocycles. The molecule has 4 aromatic rings. The van der Waals surface area contributed by atoms with Crippen molar-refractivity contribution in [2.45, 2.75) is 11.8 Å². The fourth-order valence-electron chi connectivity index (χ4n) is 6.87. The van der Waals surface area contributed by atoms with Crippen molar-refractivity contribution in [3.05, 3.63) is 145 Å². The largest absolute Gasteiger partial charge is 0.292 e. The van der Waals surface area contributed by atoms with Gasteiger partial charge in [0.25, 0.3) is 23.4 Å². The number of Topliss-reactive ketones (excluding diaryl/α,β-unsaturated/α-hetero) is 1. The summed E-state index contributed by atoms with van der Waals surface area (Å²) in [6.07, 6.45) is 0. The molecule has 3 amide bonds. The van der Waals surface area contributed by atoms with Crippen molar-refractivity contribution in [1.82, 2.24) is 10.0 Å². The van der Waals surface area contributed by atoms with E-state index in [0.717, 1.165) is 36.7 Å². The monoisotopic (exact) mass is 635 g/mol. The van der Waals surface area contributed by atoms with E-state index in [2.05, 4.69) is 15.9 Å². The third-order valence-corrected chi connectivity index (χ3v) is 9.21. The van der Waals surface area contributed by atoms with Gasteiger partial charge in [-0.1, -0.05) is 76.6 Å². The number of non-ortho nitro benzene ring substituents is 1. The van der Waals surface area contributed by atoms with Crippen LogP contribution in [0.15, 0.2) is 102 Å². The van der Waals surface area contributed by atoms with Crippen LogP contribution in [0.5, 0.6) is 0 Å². The lowest BCUT2D eigenvalue weighted by atomic mass is 9.55. The molecule has 0 spiro atoms. The summed E-state index contributed by atoms with van der Waals surface area (Å²) in [5.41, 5.74) is 3.99. The third kappa shape index (κ3) is 4.12. The zero-order valence-electron chi connectivity index (χ0n) is 22.4. The first-order chi connectivity index (χ1) is 20.8. The Kier molecular flexibility index (Phi) is 6.32. The predicted octanol–water partition coefficient (Wildman–Crippen LogP) is 5.49. The molecule has 1 heterocycles. The summed E-state index contributed by atoms with van der Waals surface area (Å²) in [6, 6.07) is 27.0. The second-order valence-electron chi connectivity index (χ2n) is 10.8. The van der Waals surface area contributed by atoms with Crippen LogP contribution < -0.4 is 0 Å². The van der Waals surface area contributed by atoms with Crippen LogP contribution in [0.2, 0.25) is 0 Å². The fraction of sp³-hybridized carbons (Fsp3) is 0.152. The average Bonchev–Trinajstić information content (AvgIpc) is 3.29. The van der Waals surface area contributed by atoms with Crippen LogP contribution >= 0.6 is 15.9 Å². The van der Waals surface area contributed by atoms with Crippen molar-refractivity contribution in [3.8, 4) is 0 Å². The van der Waals surface area contributed by atoms with Gasteiger partial charge in [-0.2, -0.15) is 5.01 Å². The van der Waals surface area contributed by atoms with E-state index >= 15 is 0 Å². The van der Waals surface area contributed by atoms with Crippen LogP contribution in [0.3, 0.4) is 0 Å². The Hall–Kier alpha value is -4.96. The lowest BCUT2D eigenvalue weighted by Gasteiger charge is -2.45. The highest BCUT2D eigenvalue weighted by molar-refractivity contribution is 9.10. The maximum absolute atomic E-state index is 14.3. The molecule has 1 saturated heterocycles. The van der Waals surface area contributed by atoms with Crippen molar-refractivity contribution >= 4 is 45.1 Å². The molecule has 2 atom stereocenters. The Bertz CT molecular complexity index is 1740. The van der Waals surface area contributed by atoms with Crippen LogP contribution in [-0.2, 0) is 9.59 Å². The van der Waals surface area contributed by atoms with Crippen molar-refractivity contribution in [3.63, 3.8) is 0 Å². The van der Waals surface area contributed by atoms with Gasteiger partial charge in [0.05, 0.1) is 16.8 Å². The highest BCUT2D eigenvalue weighted by Crippen LogP contribution is 2.61. The van der Waals surface area contributed by atoms with E-state index < -0.39 is 46.8 Å². The summed E-state index contributed by atoms with van der Waals surface area (Å²) in [7, 11) is 0. The highest BCUT2D eigenvalue weighted by atomic mass is 79.9. The number of amides is 3. The van der Waals surface area contributed by atoms with E-state index in [1.807, 2.05) is 48.5 Å². The predicted molar refractivity (Wildman–Crippen MR) is 158 cm³/mol. The number of imide groups is 1. The van der Waals surface area contributed by atoms with E-state index in [1.165, 1.54) is 24.3 Å². The number of nitro groups is 1. The molecule has 0 unspecified atom stereocenters. The molecule has 212 valence electrons. The number of rotatable bonds is 6. The molecule has 43 heavy (non-hydrogen) atoms. The molecule has 4 aliphatic rings. The minimum atomic E-state index is -0.789. The number of ketones is 1. The minimum Gasteiger partial charge on any atom is -0.292 e. The van der Waals surface area contributed by atoms with E-state index in [0.29, 0.717) is 5.56 Å². The average molecular weight is 636 g/mol. The third-order valence-electron chi connectivity index (χ3n) is 8.69. The van der Waals surface area contributed by atoms with Crippen molar-refractivity contribution < 1.29 is 24.1 Å².